The Bertz CT molecular complexity index is 332. The van der Waals surface area contributed by atoms with Crippen LogP contribution >= 0.6 is 11.8 Å². The van der Waals surface area contributed by atoms with E-state index < -0.39 is 0 Å². The second-order valence-electron chi connectivity index (χ2n) is 5.71. The molecule has 5 nitrogen and oxygen atoms in total. The molecule has 21 heavy (non-hydrogen) atoms. The van der Waals surface area contributed by atoms with Gasteiger partial charge in [0.15, 0.2) is 5.96 Å². The summed E-state index contributed by atoms with van der Waals surface area (Å²) in [7, 11) is 0. The molecule has 6 heteroatoms. The summed E-state index contributed by atoms with van der Waals surface area (Å²) >= 11 is 1.80. The van der Waals surface area contributed by atoms with E-state index in [1.54, 1.807) is 11.8 Å². The van der Waals surface area contributed by atoms with Crippen molar-refractivity contribution >= 4 is 23.6 Å². The highest BCUT2D eigenvalue weighted by Crippen LogP contribution is 2.20. The number of hydrogen-bond acceptors (Lipinski definition) is 3. The Morgan fingerprint density at radius 1 is 1.29 bits per heavy atom. The van der Waals surface area contributed by atoms with Gasteiger partial charge in [-0.05, 0) is 40.4 Å². The van der Waals surface area contributed by atoms with E-state index in [2.05, 4.69) is 48.0 Å². The lowest BCUT2D eigenvalue weighted by molar-refractivity contribution is -0.121. The largest absolute Gasteiger partial charge is 0.357 e. The summed E-state index contributed by atoms with van der Waals surface area (Å²) in [5.41, 5.74) is 0. The van der Waals surface area contributed by atoms with Crippen molar-refractivity contribution in [3.05, 3.63) is 0 Å². The van der Waals surface area contributed by atoms with Crippen LogP contribution in [0.1, 0.15) is 47.5 Å². The molecule has 124 valence electrons. The fourth-order valence-electron chi connectivity index (χ4n) is 1.42. The number of aliphatic imine (C=N–C) groups is 1. The molecule has 0 spiro atoms. The first-order chi connectivity index (χ1) is 9.84. The predicted molar refractivity (Wildman–Crippen MR) is 94.1 cm³/mol. The zero-order valence-electron chi connectivity index (χ0n) is 14.4. The van der Waals surface area contributed by atoms with Crippen LogP contribution < -0.4 is 16.0 Å². The van der Waals surface area contributed by atoms with Gasteiger partial charge >= 0.3 is 0 Å². The molecule has 1 unspecified atom stereocenters. The molecule has 1 atom stereocenters. The molecule has 1 amide bonds. The molecule has 0 bridgehead atoms. The van der Waals surface area contributed by atoms with Crippen LogP contribution in [0.3, 0.4) is 0 Å². The third-order valence-electron chi connectivity index (χ3n) is 3.18. The Hall–Kier alpha value is -0.910. The molecular weight excluding hydrogens is 284 g/mol. The molecule has 0 radical (unpaired) electrons. The van der Waals surface area contributed by atoms with E-state index in [9.17, 15) is 4.79 Å². The molecule has 0 aromatic heterocycles. The molecule has 0 aromatic carbocycles. The van der Waals surface area contributed by atoms with Crippen molar-refractivity contribution < 1.29 is 4.79 Å². The predicted octanol–water partition coefficient (Wildman–Crippen LogP) is 1.99. The van der Waals surface area contributed by atoms with Gasteiger partial charge in [0.05, 0.1) is 6.54 Å². The topological polar surface area (TPSA) is 65.5 Å². The Balaban J connectivity index is 4.21. The van der Waals surface area contributed by atoms with E-state index >= 15 is 0 Å². The van der Waals surface area contributed by atoms with Crippen LogP contribution in [0.4, 0.5) is 0 Å². The van der Waals surface area contributed by atoms with E-state index in [-0.39, 0.29) is 16.7 Å². The average Bonchev–Trinajstić information content (AvgIpc) is 2.44. The van der Waals surface area contributed by atoms with Crippen LogP contribution in [0, 0.1) is 0 Å². The number of thioether (sulfide) groups is 1. The standard InChI is InChI=1S/C15H32N4OS/c1-7-12(3)19-13(20)9-10-17-14(16-8-2)18-11-15(4,5)21-6/h12H,7-11H2,1-6H3,(H,19,20)(H2,16,17,18). The van der Waals surface area contributed by atoms with Gasteiger partial charge in [-0.15, -0.1) is 0 Å². The van der Waals surface area contributed by atoms with Gasteiger partial charge in [0, 0.05) is 30.3 Å². The lowest BCUT2D eigenvalue weighted by Gasteiger charge is -2.20. The number of amides is 1. The molecule has 0 aliphatic carbocycles. The van der Waals surface area contributed by atoms with Gasteiger partial charge in [-0.2, -0.15) is 11.8 Å². The van der Waals surface area contributed by atoms with E-state index in [4.69, 9.17) is 0 Å². The summed E-state index contributed by atoms with van der Waals surface area (Å²) in [5.74, 6) is 0.855. The first-order valence-corrected chi connectivity index (χ1v) is 8.93. The maximum absolute atomic E-state index is 11.7. The van der Waals surface area contributed by atoms with Crippen LogP contribution in [0.25, 0.3) is 0 Å². The zero-order chi connectivity index (χ0) is 16.3. The van der Waals surface area contributed by atoms with Crippen LogP contribution in [-0.4, -0.2) is 48.5 Å². The zero-order valence-corrected chi connectivity index (χ0v) is 15.2. The Labute approximate surface area is 134 Å². The van der Waals surface area contributed by atoms with E-state index in [0.29, 0.717) is 13.0 Å². The SMILES string of the molecule is CCNC(=NCC(C)(C)SC)NCCC(=O)NC(C)CC. The lowest BCUT2D eigenvalue weighted by atomic mass is 10.2. The highest BCUT2D eigenvalue weighted by molar-refractivity contribution is 7.99. The molecule has 0 heterocycles. The van der Waals surface area contributed by atoms with Crippen LogP contribution in [0.15, 0.2) is 4.99 Å². The second-order valence-corrected chi connectivity index (χ2v) is 7.23. The first kappa shape index (κ1) is 20.1. The minimum atomic E-state index is 0.0807. The van der Waals surface area contributed by atoms with Gasteiger partial charge in [-0.25, -0.2) is 0 Å². The highest BCUT2D eigenvalue weighted by Gasteiger charge is 2.15. The fraction of sp³-hybridized carbons (Fsp3) is 0.867. The normalized spacial score (nSPS) is 13.7. The van der Waals surface area contributed by atoms with Gasteiger partial charge in [0.2, 0.25) is 5.91 Å². The minimum Gasteiger partial charge on any atom is -0.357 e. The molecule has 0 saturated carbocycles. The van der Waals surface area contributed by atoms with Gasteiger partial charge in [-0.1, -0.05) is 6.92 Å². The van der Waals surface area contributed by atoms with Gasteiger partial charge in [0.25, 0.3) is 0 Å². The van der Waals surface area contributed by atoms with Crippen molar-refractivity contribution in [1.29, 1.82) is 0 Å². The summed E-state index contributed by atoms with van der Waals surface area (Å²) < 4.78 is 0.121. The van der Waals surface area contributed by atoms with Crippen molar-refractivity contribution in [3.8, 4) is 0 Å². The second kappa shape index (κ2) is 10.8. The summed E-state index contributed by atoms with van der Waals surface area (Å²) in [6, 6.07) is 0.238. The molecule has 0 aliphatic heterocycles. The molecule has 0 aliphatic rings. The fourth-order valence-corrected chi connectivity index (χ4v) is 1.61. The number of carbonyl (C=O) groups is 1. The van der Waals surface area contributed by atoms with Crippen molar-refractivity contribution in [2.45, 2.75) is 58.2 Å². The number of rotatable bonds is 9. The third-order valence-corrected chi connectivity index (χ3v) is 4.41. The van der Waals surface area contributed by atoms with Crippen LogP contribution in [0.5, 0.6) is 0 Å². The molecule has 0 rings (SSSR count). The maximum Gasteiger partial charge on any atom is 0.221 e. The minimum absolute atomic E-state index is 0.0807. The Kier molecular flexibility index (Phi) is 10.3. The Morgan fingerprint density at radius 2 is 1.95 bits per heavy atom. The van der Waals surface area contributed by atoms with E-state index in [0.717, 1.165) is 25.5 Å². The molecule has 0 fully saturated rings. The number of carbonyl (C=O) groups excluding carboxylic acids is 1. The number of guanidine groups is 1. The van der Waals surface area contributed by atoms with Crippen molar-refractivity contribution in [2.24, 2.45) is 4.99 Å². The monoisotopic (exact) mass is 316 g/mol. The summed E-state index contributed by atoms with van der Waals surface area (Å²) in [6.45, 7) is 12.6. The molecule has 0 aromatic rings. The summed E-state index contributed by atoms with van der Waals surface area (Å²) in [5, 5.41) is 9.37. The number of hydrogen-bond donors (Lipinski definition) is 3. The van der Waals surface area contributed by atoms with Gasteiger partial charge in [0.1, 0.15) is 0 Å². The van der Waals surface area contributed by atoms with Crippen LogP contribution in [0.2, 0.25) is 0 Å². The molecule has 0 saturated heterocycles. The molecule has 3 N–H and O–H groups in total. The van der Waals surface area contributed by atoms with Crippen molar-refractivity contribution in [1.82, 2.24) is 16.0 Å². The van der Waals surface area contributed by atoms with Gasteiger partial charge in [-0.3, -0.25) is 9.79 Å². The summed E-state index contributed by atoms with van der Waals surface area (Å²) in [6.07, 6.45) is 3.50. The number of nitrogens with zero attached hydrogens (tertiary/aromatic N) is 1. The summed E-state index contributed by atoms with van der Waals surface area (Å²) in [4.78, 5) is 16.3. The first-order valence-electron chi connectivity index (χ1n) is 7.71. The van der Waals surface area contributed by atoms with Crippen molar-refractivity contribution in [2.75, 3.05) is 25.9 Å². The van der Waals surface area contributed by atoms with Crippen LogP contribution in [-0.2, 0) is 4.79 Å². The third kappa shape index (κ3) is 10.5. The van der Waals surface area contributed by atoms with E-state index in [1.807, 2.05) is 13.8 Å². The smallest absolute Gasteiger partial charge is 0.221 e. The quantitative estimate of drug-likeness (QED) is 0.449. The van der Waals surface area contributed by atoms with E-state index in [1.165, 1.54) is 0 Å². The maximum atomic E-state index is 11.7. The molecular formula is C15H32N4OS. The van der Waals surface area contributed by atoms with Gasteiger partial charge < -0.3 is 16.0 Å². The average molecular weight is 317 g/mol. The van der Waals surface area contributed by atoms with Crippen molar-refractivity contribution in [3.63, 3.8) is 0 Å². The highest BCUT2D eigenvalue weighted by atomic mass is 32.2. The Morgan fingerprint density at radius 3 is 2.48 bits per heavy atom. The lowest BCUT2D eigenvalue weighted by Crippen LogP contribution is -2.41. The number of nitrogens with one attached hydrogen (secondary N) is 3.